The molecule has 7 nitrogen and oxygen atoms in total. The molecule has 1 saturated heterocycles. The van der Waals surface area contributed by atoms with Crippen molar-refractivity contribution >= 4 is 21.7 Å². The van der Waals surface area contributed by atoms with Crippen LogP contribution in [0.15, 0.2) is 65.6 Å². The summed E-state index contributed by atoms with van der Waals surface area (Å²) in [5.74, 6) is -0.603. The van der Waals surface area contributed by atoms with E-state index >= 15 is 0 Å². The van der Waals surface area contributed by atoms with Gasteiger partial charge in [0.1, 0.15) is 11.8 Å². The molecule has 8 heteroatoms. The second-order valence-electron chi connectivity index (χ2n) is 6.15. The van der Waals surface area contributed by atoms with Crippen LogP contribution in [0, 0.1) is 0 Å². The summed E-state index contributed by atoms with van der Waals surface area (Å²) in [6.07, 6.45) is 0.112. The van der Waals surface area contributed by atoms with Crippen LogP contribution >= 0.6 is 0 Å². The van der Waals surface area contributed by atoms with E-state index in [4.69, 9.17) is 4.74 Å². The number of carbonyl (C=O) groups is 2. The predicted octanol–water partition coefficient (Wildman–Crippen LogP) is 1.26. The zero-order valence-corrected chi connectivity index (χ0v) is 15.5. The molecule has 1 heterocycles. The highest BCUT2D eigenvalue weighted by molar-refractivity contribution is 7.93. The number of rotatable bonds is 7. The summed E-state index contributed by atoms with van der Waals surface area (Å²) in [5, 5.41) is 4.99. The van der Waals surface area contributed by atoms with Crippen molar-refractivity contribution < 1.29 is 22.7 Å². The minimum atomic E-state index is -3.90. The number of ether oxygens (including phenoxy) is 1. The topological polar surface area (TPSA) is 102 Å². The molecule has 1 aliphatic heterocycles. The van der Waals surface area contributed by atoms with Crippen LogP contribution < -0.4 is 15.4 Å². The highest BCUT2D eigenvalue weighted by atomic mass is 32.2. The van der Waals surface area contributed by atoms with Crippen molar-refractivity contribution in [2.24, 2.45) is 0 Å². The Hall–Kier alpha value is -2.87. The lowest BCUT2D eigenvalue weighted by Crippen LogP contribution is -2.80. The number of nitrogens with one attached hydrogen (secondary N) is 2. The average Bonchev–Trinajstić information content (AvgIpc) is 2.69. The van der Waals surface area contributed by atoms with Crippen molar-refractivity contribution in [3.05, 3.63) is 60.7 Å². The van der Waals surface area contributed by atoms with Crippen molar-refractivity contribution in [3.63, 3.8) is 0 Å². The first-order valence-corrected chi connectivity index (χ1v) is 9.98. The molecule has 0 aromatic heterocycles. The first-order valence-electron chi connectivity index (χ1n) is 8.49. The number of hydrogen-bond donors (Lipinski definition) is 2. The summed E-state index contributed by atoms with van der Waals surface area (Å²) in [5.41, 5.74) is 0. The summed E-state index contributed by atoms with van der Waals surface area (Å²) in [6.45, 7) is 1.33. The van der Waals surface area contributed by atoms with Crippen LogP contribution in [-0.4, -0.2) is 37.8 Å². The molecule has 1 aliphatic rings. The fraction of sp³-hybridized carbons (Fsp3) is 0.263. The van der Waals surface area contributed by atoms with E-state index in [1.54, 1.807) is 49.4 Å². The third-order valence-corrected chi connectivity index (χ3v) is 7.02. The second-order valence-corrected chi connectivity index (χ2v) is 8.36. The molecule has 2 atom stereocenters. The van der Waals surface area contributed by atoms with E-state index in [0.29, 0.717) is 5.75 Å². The Bertz CT molecular complexity index is 931. The number of β-lactam (4-membered cyclic amide) rings is 1. The lowest BCUT2D eigenvalue weighted by molar-refractivity contribution is -0.138. The Morgan fingerprint density at radius 1 is 1.11 bits per heavy atom. The van der Waals surface area contributed by atoms with Crippen LogP contribution in [0.2, 0.25) is 0 Å². The summed E-state index contributed by atoms with van der Waals surface area (Å²) in [6, 6.07) is 15.4. The minimum Gasteiger partial charge on any atom is -0.484 e. The molecule has 0 saturated carbocycles. The maximum Gasteiger partial charge on any atom is 0.258 e. The highest BCUT2D eigenvalue weighted by Crippen LogP contribution is 2.35. The first kappa shape index (κ1) is 18.9. The molecule has 2 aromatic carbocycles. The van der Waals surface area contributed by atoms with E-state index in [1.807, 2.05) is 6.07 Å². The Kier molecular flexibility index (Phi) is 5.18. The maximum absolute atomic E-state index is 13.1. The molecule has 2 aromatic rings. The van der Waals surface area contributed by atoms with Gasteiger partial charge in [0, 0.05) is 0 Å². The normalized spacial score (nSPS) is 21.7. The van der Waals surface area contributed by atoms with Crippen molar-refractivity contribution in [1.29, 1.82) is 0 Å². The number of hydrogen-bond acceptors (Lipinski definition) is 5. The van der Waals surface area contributed by atoms with E-state index in [2.05, 4.69) is 10.6 Å². The smallest absolute Gasteiger partial charge is 0.258 e. The minimum absolute atomic E-state index is 0.0895. The van der Waals surface area contributed by atoms with Gasteiger partial charge in [-0.05, 0) is 30.7 Å². The Morgan fingerprint density at radius 2 is 1.70 bits per heavy atom. The molecule has 0 aliphatic carbocycles. The van der Waals surface area contributed by atoms with E-state index in [0.717, 1.165) is 0 Å². The number of amides is 2. The van der Waals surface area contributed by atoms with Crippen LogP contribution in [0.4, 0.5) is 0 Å². The second kappa shape index (κ2) is 7.40. The number of para-hydroxylation sites is 1. The average molecular weight is 388 g/mol. The molecule has 3 rings (SSSR count). The largest absolute Gasteiger partial charge is 0.484 e. The summed E-state index contributed by atoms with van der Waals surface area (Å²) in [4.78, 5) is 22.8. The van der Waals surface area contributed by atoms with Crippen LogP contribution in [0.25, 0.3) is 0 Å². The lowest BCUT2D eigenvalue weighted by Gasteiger charge is -2.47. The third-order valence-electron chi connectivity index (χ3n) is 4.54. The first-order chi connectivity index (χ1) is 12.9. The molecule has 27 heavy (non-hydrogen) atoms. The Morgan fingerprint density at radius 3 is 2.26 bits per heavy atom. The van der Waals surface area contributed by atoms with Gasteiger partial charge in [0.05, 0.1) is 4.90 Å². The standard InChI is InChI=1S/C19H20N2O5S/c1-2-19(27(24,25)15-11-7-4-8-12-15)17(18(23)21-19)20-16(22)13-26-14-9-5-3-6-10-14/h3-12,17H,2,13H2,1H3,(H,20,22)(H,21,23)/t17-,19-/m1/s1. The van der Waals surface area contributed by atoms with Gasteiger partial charge in [0.25, 0.3) is 5.91 Å². The van der Waals surface area contributed by atoms with Gasteiger partial charge in [-0.25, -0.2) is 8.42 Å². The number of sulfone groups is 1. The van der Waals surface area contributed by atoms with Gasteiger partial charge in [0.15, 0.2) is 11.5 Å². The van der Waals surface area contributed by atoms with Crippen LogP contribution in [0.5, 0.6) is 5.75 Å². The molecule has 2 amide bonds. The van der Waals surface area contributed by atoms with E-state index in [1.165, 1.54) is 12.1 Å². The van der Waals surface area contributed by atoms with Crippen LogP contribution in [0.1, 0.15) is 13.3 Å². The molecule has 0 spiro atoms. The van der Waals surface area contributed by atoms with Crippen molar-refractivity contribution in [2.45, 2.75) is 29.2 Å². The summed E-state index contributed by atoms with van der Waals surface area (Å²) < 4.78 is 31.5. The molecular formula is C19H20N2O5S. The Balaban J connectivity index is 1.76. The predicted molar refractivity (Wildman–Crippen MR) is 98.7 cm³/mol. The van der Waals surface area contributed by atoms with Crippen molar-refractivity contribution in [1.82, 2.24) is 10.6 Å². The molecule has 0 unspecified atom stereocenters. The zero-order valence-electron chi connectivity index (χ0n) is 14.7. The van der Waals surface area contributed by atoms with E-state index in [9.17, 15) is 18.0 Å². The van der Waals surface area contributed by atoms with Gasteiger partial charge in [0.2, 0.25) is 15.7 Å². The summed E-state index contributed by atoms with van der Waals surface area (Å²) >= 11 is 0. The van der Waals surface area contributed by atoms with E-state index in [-0.39, 0.29) is 17.9 Å². The summed E-state index contributed by atoms with van der Waals surface area (Å²) in [7, 11) is -3.90. The van der Waals surface area contributed by atoms with Gasteiger partial charge in [-0.3, -0.25) is 9.59 Å². The molecular weight excluding hydrogens is 368 g/mol. The fourth-order valence-corrected chi connectivity index (χ4v) is 5.08. The van der Waals surface area contributed by atoms with Gasteiger partial charge in [-0.2, -0.15) is 0 Å². The number of carbonyl (C=O) groups excluding carboxylic acids is 2. The molecule has 142 valence electrons. The monoisotopic (exact) mass is 388 g/mol. The number of benzene rings is 2. The van der Waals surface area contributed by atoms with E-state index < -0.39 is 32.6 Å². The highest BCUT2D eigenvalue weighted by Gasteiger charge is 2.62. The van der Waals surface area contributed by atoms with Crippen molar-refractivity contribution in [3.8, 4) is 5.75 Å². The zero-order chi connectivity index (χ0) is 19.5. The maximum atomic E-state index is 13.1. The molecule has 2 N–H and O–H groups in total. The van der Waals surface area contributed by atoms with Gasteiger partial charge in [-0.1, -0.05) is 43.3 Å². The lowest BCUT2D eigenvalue weighted by atomic mass is 9.95. The Labute approximate surface area is 157 Å². The third kappa shape index (κ3) is 3.40. The SMILES string of the molecule is CC[C@]1(S(=O)(=O)c2ccccc2)NC(=O)[C@H]1NC(=O)COc1ccccc1. The van der Waals surface area contributed by atoms with Crippen LogP contribution in [0.3, 0.4) is 0 Å². The van der Waals surface area contributed by atoms with Gasteiger partial charge < -0.3 is 15.4 Å². The molecule has 0 radical (unpaired) electrons. The molecule has 0 bridgehead atoms. The molecule has 1 fully saturated rings. The van der Waals surface area contributed by atoms with Gasteiger partial charge >= 0.3 is 0 Å². The van der Waals surface area contributed by atoms with Crippen LogP contribution in [-0.2, 0) is 19.4 Å². The van der Waals surface area contributed by atoms with Crippen molar-refractivity contribution in [2.75, 3.05) is 6.61 Å². The quantitative estimate of drug-likeness (QED) is 0.696. The fourth-order valence-electron chi connectivity index (χ4n) is 3.05. The van der Waals surface area contributed by atoms with Gasteiger partial charge in [-0.15, -0.1) is 0 Å².